The molecule has 0 bridgehead atoms. The van der Waals surface area contributed by atoms with E-state index < -0.39 is 5.60 Å². The van der Waals surface area contributed by atoms with Crippen molar-refractivity contribution in [2.75, 3.05) is 0 Å². The summed E-state index contributed by atoms with van der Waals surface area (Å²) in [5, 5.41) is 14.8. The van der Waals surface area contributed by atoms with Crippen LogP contribution in [0.15, 0.2) is 12.7 Å². The number of hydrogen-bond acceptors (Lipinski definition) is 2. The van der Waals surface area contributed by atoms with Crippen LogP contribution < -0.4 is 5.32 Å². The van der Waals surface area contributed by atoms with E-state index >= 15 is 0 Å². The van der Waals surface area contributed by atoms with E-state index in [1.807, 2.05) is 0 Å². The smallest absolute Gasteiger partial charge is 0.0685 e. The van der Waals surface area contributed by atoms with Crippen molar-refractivity contribution in [1.29, 1.82) is 0 Å². The van der Waals surface area contributed by atoms with Gasteiger partial charge in [-0.15, -0.1) is 6.58 Å². The second-order valence-electron chi connectivity index (χ2n) is 8.69. The molecule has 2 N–H and O–H groups in total. The average molecular weight is 279 g/mol. The molecule has 1 aliphatic heterocycles. The Kier molecular flexibility index (Phi) is 4.37. The minimum Gasteiger partial charge on any atom is -0.390 e. The van der Waals surface area contributed by atoms with E-state index in [1.165, 1.54) is 25.7 Å². The highest BCUT2D eigenvalue weighted by atomic mass is 16.3. The normalized spacial score (nSPS) is 35.5. The number of hydrogen-bond donors (Lipinski definition) is 2. The monoisotopic (exact) mass is 279 g/mol. The molecule has 1 saturated carbocycles. The number of rotatable bonds is 3. The Balaban J connectivity index is 1.98. The maximum Gasteiger partial charge on any atom is 0.0685 e. The predicted molar refractivity (Wildman–Crippen MR) is 85.7 cm³/mol. The van der Waals surface area contributed by atoms with Gasteiger partial charge in [-0.05, 0) is 84.5 Å². The molecule has 0 atom stereocenters. The molecular formula is C18H33NO. The number of allylic oxidation sites excluding steroid dienone is 1. The molecule has 1 saturated heterocycles. The van der Waals surface area contributed by atoms with Crippen LogP contribution in [0.2, 0.25) is 0 Å². The molecule has 0 amide bonds. The fourth-order valence-corrected chi connectivity index (χ4v) is 5.02. The van der Waals surface area contributed by atoms with E-state index in [4.69, 9.17) is 0 Å². The van der Waals surface area contributed by atoms with Crippen LogP contribution >= 0.6 is 0 Å². The van der Waals surface area contributed by atoms with Crippen LogP contribution in [0, 0.1) is 11.8 Å². The lowest BCUT2D eigenvalue weighted by Crippen LogP contribution is -2.63. The average Bonchev–Trinajstić information content (AvgIpc) is 2.24. The molecule has 0 radical (unpaired) electrons. The van der Waals surface area contributed by atoms with Crippen LogP contribution in [0.1, 0.15) is 72.6 Å². The molecule has 0 aromatic heterocycles. The minimum absolute atomic E-state index is 0.0226. The molecule has 2 nitrogen and oxygen atoms in total. The van der Waals surface area contributed by atoms with Crippen molar-refractivity contribution >= 4 is 0 Å². The highest BCUT2D eigenvalue weighted by Gasteiger charge is 2.46. The summed E-state index contributed by atoms with van der Waals surface area (Å²) < 4.78 is 0. The fourth-order valence-electron chi connectivity index (χ4n) is 5.02. The highest BCUT2D eigenvalue weighted by Crippen LogP contribution is 2.42. The second-order valence-corrected chi connectivity index (χ2v) is 8.69. The maximum absolute atomic E-state index is 11.2. The minimum atomic E-state index is -0.496. The standard InChI is InChI=1S/C18H33NO/c1-6-14-7-9-15(10-8-14)11-18(20)12-16(2,3)19-17(4,5)13-18/h6,14-15,19-20H,1,7-13H2,2-5H3. The molecule has 2 fully saturated rings. The highest BCUT2D eigenvalue weighted by molar-refractivity contribution is 5.05. The Labute approximate surface area is 125 Å². The van der Waals surface area contributed by atoms with Crippen molar-refractivity contribution in [2.45, 2.75) is 89.3 Å². The number of piperidine rings is 1. The van der Waals surface area contributed by atoms with Gasteiger partial charge in [-0.3, -0.25) is 0 Å². The van der Waals surface area contributed by atoms with Gasteiger partial charge in [0.1, 0.15) is 0 Å². The van der Waals surface area contributed by atoms with Gasteiger partial charge < -0.3 is 10.4 Å². The molecule has 1 heterocycles. The molecule has 0 unspecified atom stereocenters. The first-order valence-corrected chi connectivity index (χ1v) is 8.27. The van der Waals surface area contributed by atoms with Gasteiger partial charge in [0, 0.05) is 11.1 Å². The van der Waals surface area contributed by atoms with E-state index in [0.717, 1.165) is 19.3 Å². The van der Waals surface area contributed by atoms with Gasteiger partial charge in [-0.2, -0.15) is 0 Å². The van der Waals surface area contributed by atoms with E-state index in [9.17, 15) is 5.11 Å². The first-order valence-electron chi connectivity index (χ1n) is 8.27. The third-order valence-corrected chi connectivity index (χ3v) is 5.11. The van der Waals surface area contributed by atoms with Gasteiger partial charge >= 0.3 is 0 Å². The lowest BCUT2D eigenvalue weighted by atomic mass is 9.67. The Morgan fingerprint density at radius 3 is 2.00 bits per heavy atom. The molecule has 2 rings (SSSR count). The molecule has 0 aromatic carbocycles. The first kappa shape index (κ1) is 16.0. The van der Waals surface area contributed by atoms with Crippen molar-refractivity contribution in [3.8, 4) is 0 Å². The molecule has 2 aliphatic rings. The SMILES string of the molecule is C=CC1CCC(CC2(O)CC(C)(C)NC(C)(C)C2)CC1. The zero-order valence-electron chi connectivity index (χ0n) is 13.8. The van der Waals surface area contributed by atoms with Crippen molar-refractivity contribution < 1.29 is 5.11 Å². The van der Waals surface area contributed by atoms with Crippen LogP contribution in [-0.4, -0.2) is 21.8 Å². The van der Waals surface area contributed by atoms with Crippen LogP contribution in [-0.2, 0) is 0 Å². The molecule has 20 heavy (non-hydrogen) atoms. The van der Waals surface area contributed by atoms with E-state index in [-0.39, 0.29) is 11.1 Å². The van der Waals surface area contributed by atoms with E-state index in [1.54, 1.807) is 0 Å². The Morgan fingerprint density at radius 2 is 1.55 bits per heavy atom. The van der Waals surface area contributed by atoms with Gasteiger partial charge in [0.2, 0.25) is 0 Å². The maximum atomic E-state index is 11.2. The van der Waals surface area contributed by atoms with Crippen molar-refractivity contribution in [3.05, 3.63) is 12.7 Å². The molecule has 0 aromatic rings. The summed E-state index contributed by atoms with van der Waals surface area (Å²) in [5.41, 5.74) is -0.451. The summed E-state index contributed by atoms with van der Waals surface area (Å²) in [6.45, 7) is 12.8. The quantitative estimate of drug-likeness (QED) is 0.764. The molecule has 0 spiro atoms. The van der Waals surface area contributed by atoms with Crippen LogP contribution in [0.3, 0.4) is 0 Å². The Morgan fingerprint density at radius 1 is 1.05 bits per heavy atom. The summed E-state index contributed by atoms with van der Waals surface area (Å²) in [4.78, 5) is 0. The van der Waals surface area contributed by atoms with Crippen molar-refractivity contribution in [3.63, 3.8) is 0 Å². The largest absolute Gasteiger partial charge is 0.390 e. The Hall–Kier alpha value is -0.340. The molecule has 1 aliphatic carbocycles. The summed E-state index contributed by atoms with van der Waals surface area (Å²) >= 11 is 0. The fraction of sp³-hybridized carbons (Fsp3) is 0.889. The van der Waals surface area contributed by atoms with Crippen LogP contribution in [0.4, 0.5) is 0 Å². The second kappa shape index (κ2) is 5.46. The molecular weight excluding hydrogens is 246 g/mol. The summed E-state index contributed by atoms with van der Waals surface area (Å²) in [6.07, 6.45) is 9.86. The van der Waals surface area contributed by atoms with Gasteiger partial charge in [0.25, 0.3) is 0 Å². The Bertz CT molecular complexity index is 334. The third kappa shape index (κ3) is 4.08. The molecule has 2 heteroatoms. The van der Waals surface area contributed by atoms with E-state index in [2.05, 4.69) is 45.7 Å². The third-order valence-electron chi connectivity index (χ3n) is 5.11. The van der Waals surface area contributed by atoms with Crippen molar-refractivity contribution in [1.82, 2.24) is 5.32 Å². The van der Waals surface area contributed by atoms with Crippen molar-refractivity contribution in [2.24, 2.45) is 11.8 Å². The summed E-state index contributed by atoms with van der Waals surface area (Å²) in [7, 11) is 0. The summed E-state index contributed by atoms with van der Waals surface area (Å²) in [6, 6.07) is 0. The zero-order chi connectivity index (χ0) is 15.0. The summed E-state index contributed by atoms with van der Waals surface area (Å²) in [5.74, 6) is 1.41. The topological polar surface area (TPSA) is 32.3 Å². The van der Waals surface area contributed by atoms with E-state index in [0.29, 0.717) is 11.8 Å². The first-order chi connectivity index (χ1) is 9.13. The zero-order valence-corrected chi connectivity index (χ0v) is 13.8. The van der Waals surface area contributed by atoms with Gasteiger partial charge in [-0.1, -0.05) is 6.08 Å². The van der Waals surface area contributed by atoms with Crippen LogP contribution in [0.25, 0.3) is 0 Å². The number of nitrogens with one attached hydrogen (secondary N) is 1. The number of aliphatic hydroxyl groups is 1. The van der Waals surface area contributed by atoms with Crippen LogP contribution in [0.5, 0.6) is 0 Å². The van der Waals surface area contributed by atoms with Gasteiger partial charge in [0.15, 0.2) is 0 Å². The molecule has 116 valence electrons. The predicted octanol–water partition coefficient (Wildman–Crippen LogP) is 4.04. The lowest BCUT2D eigenvalue weighted by Gasteiger charge is -2.52. The van der Waals surface area contributed by atoms with Gasteiger partial charge in [0.05, 0.1) is 5.60 Å². The lowest BCUT2D eigenvalue weighted by molar-refractivity contribution is -0.0743. The van der Waals surface area contributed by atoms with Gasteiger partial charge in [-0.25, -0.2) is 0 Å².